The number of Topliss-reactive ketones (excluding diaryl/α,β-unsaturated/α-hetero) is 1. The number of carbonyl (C=O) groups excluding carboxylic acids is 1. The van der Waals surface area contributed by atoms with Crippen molar-refractivity contribution >= 4 is 41.0 Å². The predicted octanol–water partition coefficient (Wildman–Crippen LogP) is 10.3. The summed E-state index contributed by atoms with van der Waals surface area (Å²) in [5.41, 5.74) is 1.72. The summed E-state index contributed by atoms with van der Waals surface area (Å²) in [6.07, 6.45) is 10.5. The lowest BCUT2D eigenvalue weighted by atomic mass is 9.32. The summed E-state index contributed by atoms with van der Waals surface area (Å²) >= 11 is 13.2. The van der Waals surface area contributed by atoms with Gasteiger partial charge in [-0.25, -0.2) is 0 Å². The Hall–Kier alpha value is -1.58. The first kappa shape index (κ1) is 30.4. The lowest BCUT2D eigenvalue weighted by molar-refractivity contribution is -0.231. The highest BCUT2D eigenvalue weighted by Gasteiger charge is 2.72. The van der Waals surface area contributed by atoms with Gasteiger partial charge in [-0.3, -0.25) is 9.59 Å². The van der Waals surface area contributed by atoms with Crippen LogP contribution in [0.4, 0.5) is 0 Å². The molecule has 0 spiro atoms. The number of hydrogen-bond donors (Lipinski definition) is 1. The van der Waals surface area contributed by atoms with E-state index in [0.29, 0.717) is 33.7 Å². The van der Waals surface area contributed by atoms with Gasteiger partial charge in [0.2, 0.25) is 0 Å². The van der Waals surface area contributed by atoms with Crippen LogP contribution < -0.4 is 0 Å². The average molecular weight is 612 g/mol. The summed E-state index contributed by atoms with van der Waals surface area (Å²) in [5, 5.41) is 11.8. The highest BCUT2D eigenvalue weighted by Crippen LogP contribution is 2.77. The molecule has 5 saturated carbocycles. The van der Waals surface area contributed by atoms with E-state index in [2.05, 4.69) is 48.1 Å². The maximum absolute atomic E-state index is 14.1. The lowest BCUT2D eigenvalue weighted by Gasteiger charge is -2.72. The Bertz CT molecular complexity index is 1370. The molecule has 5 aliphatic rings. The molecule has 6 rings (SSSR count). The number of halogens is 2. The van der Waals surface area contributed by atoms with Gasteiger partial charge in [-0.05, 0) is 134 Å². The number of allylic oxidation sites excluding steroid dienone is 2. The van der Waals surface area contributed by atoms with Crippen LogP contribution in [0.5, 0.6) is 0 Å². The number of carboxylic acid groups (broad SMARTS) is 1. The Labute approximate surface area is 262 Å². The molecule has 1 aromatic carbocycles. The van der Waals surface area contributed by atoms with Gasteiger partial charge in [-0.1, -0.05) is 76.0 Å². The molecule has 5 heteroatoms. The van der Waals surface area contributed by atoms with Gasteiger partial charge >= 0.3 is 5.97 Å². The van der Waals surface area contributed by atoms with Gasteiger partial charge < -0.3 is 5.11 Å². The number of rotatable bonds is 3. The second-order valence-electron chi connectivity index (χ2n) is 16.2. The van der Waals surface area contributed by atoms with Crippen LogP contribution in [-0.2, 0) is 9.59 Å². The Morgan fingerprint density at radius 3 is 2.21 bits per heavy atom. The molecule has 0 aromatic heterocycles. The molecule has 5 aliphatic carbocycles. The fourth-order valence-electron chi connectivity index (χ4n) is 12.3. The molecule has 0 unspecified atom stereocenters. The Kier molecular flexibility index (Phi) is 7.04. The number of benzene rings is 1. The minimum atomic E-state index is -0.610. The second-order valence-corrected chi connectivity index (χ2v) is 17.0. The zero-order valence-electron chi connectivity index (χ0n) is 26.3. The maximum Gasteiger partial charge on any atom is 0.309 e. The SMILES string of the molecule is C=C(C)[C@@H]1CC[C@]2(C(=O)O)CC[C@]3(C)[C@H](CC[C@@H]4[C@@]5(C)C/C(=C\c6c(Cl)cccc6Cl)C(=O)C(C)(C)[C@@H]5CC[C@]43C)[C@@H]12. The van der Waals surface area contributed by atoms with E-state index in [-0.39, 0.29) is 27.9 Å². The van der Waals surface area contributed by atoms with E-state index >= 15 is 0 Å². The number of ketones is 1. The zero-order chi connectivity index (χ0) is 30.6. The van der Waals surface area contributed by atoms with Crippen molar-refractivity contribution in [3.63, 3.8) is 0 Å². The monoisotopic (exact) mass is 610 g/mol. The maximum atomic E-state index is 14.1. The van der Waals surface area contributed by atoms with Crippen molar-refractivity contribution < 1.29 is 14.7 Å². The molecule has 0 amide bonds. The molecule has 228 valence electrons. The van der Waals surface area contributed by atoms with E-state index in [1.807, 2.05) is 24.3 Å². The molecule has 42 heavy (non-hydrogen) atoms. The smallest absolute Gasteiger partial charge is 0.309 e. The first-order valence-corrected chi connectivity index (χ1v) is 16.9. The van der Waals surface area contributed by atoms with Gasteiger partial charge in [0.25, 0.3) is 0 Å². The third-order valence-corrected chi connectivity index (χ3v) is 15.1. The van der Waals surface area contributed by atoms with Crippen LogP contribution >= 0.6 is 23.2 Å². The topological polar surface area (TPSA) is 54.4 Å². The molecule has 0 saturated heterocycles. The molecule has 0 radical (unpaired) electrons. The predicted molar refractivity (Wildman–Crippen MR) is 171 cm³/mol. The molecule has 1 N–H and O–H groups in total. The summed E-state index contributed by atoms with van der Waals surface area (Å²) in [7, 11) is 0. The number of hydrogen-bond acceptors (Lipinski definition) is 2. The van der Waals surface area contributed by atoms with Crippen LogP contribution in [0.1, 0.15) is 105 Å². The van der Waals surface area contributed by atoms with Gasteiger partial charge in [-0.2, -0.15) is 0 Å². The molecular formula is C37H48Cl2O3. The third kappa shape index (κ3) is 3.84. The highest BCUT2D eigenvalue weighted by molar-refractivity contribution is 6.37. The fraction of sp³-hybridized carbons (Fsp3) is 0.676. The summed E-state index contributed by atoms with van der Waals surface area (Å²) in [5.74, 6) is 1.22. The zero-order valence-corrected chi connectivity index (χ0v) is 27.8. The van der Waals surface area contributed by atoms with Crippen molar-refractivity contribution in [2.45, 2.75) is 99.3 Å². The van der Waals surface area contributed by atoms with Gasteiger partial charge in [0.15, 0.2) is 5.78 Å². The lowest BCUT2D eigenvalue weighted by Crippen LogP contribution is -2.67. The first-order valence-electron chi connectivity index (χ1n) is 16.1. The van der Waals surface area contributed by atoms with Gasteiger partial charge in [0.05, 0.1) is 5.41 Å². The van der Waals surface area contributed by atoms with Crippen LogP contribution in [0.3, 0.4) is 0 Å². The fourth-order valence-corrected chi connectivity index (χ4v) is 12.8. The average Bonchev–Trinajstić information content (AvgIpc) is 3.31. The Balaban J connectivity index is 1.43. The van der Waals surface area contributed by atoms with Crippen LogP contribution in [-0.4, -0.2) is 16.9 Å². The number of fused-ring (bicyclic) bond motifs is 7. The number of carbonyl (C=O) groups is 2. The molecule has 5 fully saturated rings. The standard InChI is InChI=1S/C37H48Cl2O3/c1-21(2)23-13-16-37(32(41)42)18-17-35(6)25(30(23)37)11-12-29-34(5)20-22(19-24-26(38)9-8-10-27(24)39)31(40)33(3,4)28(34)14-15-36(29,35)7/h8-10,19,23,25,28-30H,1,11-18,20H2,2-7H3,(H,41,42)/b22-19+/t23-,25+,28-,29+,30+,34-,35+,36+,37-/m0/s1. The molecule has 0 bridgehead atoms. The molecule has 0 aliphatic heterocycles. The molecule has 9 atom stereocenters. The number of carboxylic acids is 1. The minimum absolute atomic E-state index is 0.0487. The van der Waals surface area contributed by atoms with Gasteiger partial charge in [0.1, 0.15) is 0 Å². The van der Waals surface area contributed by atoms with Gasteiger partial charge in [-0.15, -0.1) is 0 Å². The second kappa shape index (κ2) is 9.71. The Morgan fingerprint density at radius 2 is 1.60 bits per heavy atom. The van der Waals surface area contributed by atoms with E-state index in [9.17, 15) is 14.7 Å². The van der Waals surface area contributed by atoms with Crippen molar-refractivity contribution in [2.75, 3.05) is 0 Å². The van der Waals surface area contributed by atoms with E-state index < -0.39 is 16.8 Å². The van der Waals surface area contributed by atoms with Crippen LogP contribution in [0.25, 0.3) is 6.08 Å². The van der Waals surface area contributed by atoms with Crippen molar-refractivity contribution in [1.82, 2.24) is 0 Å². The molecule has 0 heterocycles. The summed E-state index contributed by atoms with van der Waals surface area (Å²) in [6.45, 7) is 18.3. The van der Waals surface area contributed by atoms with Crippen LogP contribution in [0.15, 0.2) is 35.9 Å². The van der Waals surface area contributed by atoms with Crippen LogP contribution in [0, 0.1) is 56.7 Å². The minimum Gasteiger partial charge on any atom is -0.481 e. The summed E-state index contributed by atoms with van der Waals surface area (Å²) in [6, 6.07) is 5.52. The molecule has 3 nitrogen and oxygen atoms in total. The van der Waals surface area contributed by atoms with Crippen molar-refractivity contribution in [2.24, 2.45) is 56.7 Å². The molecule has 1 aromatic rings. The van der Waals surface area contributed by atoms with Crippen molar-refractivity contribution in [3.8, 4) is 0 Å². The van der Waals surface area contributed by atoms with Crippen molar-refractivity contribution in [3.05, 3.63) is 51.5 Å². The van der Waals surface area contributed by atoms with Crippen LogP contribution in [0.2, 0.25) is 10.0 Å². The van der Waals surface area contributed by atoms with E-state index in [1.165, 1.54) is 0 Å². The summed E-state index contributed by atoms with van der Waals surface area (Å²) < 4.78 is 0. The van der Waals surface area contributed by atoms with E-state index in [1.54, 1.807) is 0 Å². The first-order chi connectivity index (χ1) is 19.5. The van der Waals surface area contributed by atoms with Gasteiger partial charge in [0, 0.05) is 21.0 Å². The quantitative estimate of drug-likeness (QED) is 0.273. The third-order valence-electron chi connectivity index (χ3n) is 14.4. The largest absolute Gasteiger partial charge is 0.481 e. The van der Waals surface area contributed by atoms with Crippen molar-refractivity contribution in [1.29, 1.82) is 0 Å². The van der Waals surface area contributed by atoms with E-state index in [4.69, 9.17) is 23.2 Å². The summed E-state index contributed by atoms with van der Waals surface area (Å²) in [4.78, 5) is 27.1. The number of aliphatic carboxylic acids is 1. The highest BCUT2D eigenvalue weighted by atomic mass is 35.5. The normalized spacial score (nSPS) is 45.0. The molecular weight excluding hydrogens is 563 g/mol. The Morgan fingerprint density at radius 1 is 0.929 bits per heavy atom. The van der Waals surface area contributed by atoms with E-state index in [0.717, 1.165) is 74.5 Å².